The van der Waals surface area contributed by atoms with Crippen molar-refractivity contribution in [1.29, 1.82) is 0 Å². The smallest absolute Gasteiger partial charge is 0.141 e. The number of hydrogen-bond donors (Lipinski definition) is 1. The Hall–Kier alpha value is -2.62. The first-order valence-electron chi connectivity index (χ1n) is 7.23. The van der Waals surface area contributed by atoms with Gasteiger partial charge in [-0.1, -0.05) is 12.1 Å². The average molecular weight is 294 g/mol. The van der Waals surface area contributed by atoms with Crippen LogP contribution in [0.25, 0.3) is 11.0 Å². The fourth-order valence-electron chi connectivity index (χ4n) is 2.59. The van der Waals surface area contributed by atoms with Gasteiger partial charge in [-0.3, -0.25) is 4.79 Å². The van der Waals surface area contributed by atoms with Crippen molar-refractivity contribution >= 4 is 16.8 Å². The molecule has 0 aliphatic rings. The highest BCUT2D eigenvalue weighted by molar-refractivity contribution is 5.85. The van der Waals surface area contributed by atoms with E-state index in [-0.39, 0.29) is 5.78 Å². The molecule has 0 aliphatic heterocycles. The molecule has 0 fully saturated rings. The number of nitrogens with one attached hydrogen (secondary N) is 1. The van der Waals surface area contributed by atoms with Gasteiger partial charge in [-0.2, -0.15) is 0 Å². The molecule has 0 saturated carbocycles. The third-order valence-electron chi connectivity index (χ3n) is 3.60. The molecular formula is C18H18N2O2. The fourth-order valence-corrected chi connectivity index (χ4v) is 2.59. The summed E-state index contributed by atoms with van der Waals surface area (Å²) >= 11 is 0. The van der Waals surface area contributed by atoms with Crippen LogP contribution in [0.1, 0.15) is 16.8 Å². The van der Waals surface area contributed by atoms with E-state index in [2.05, 4.69) is 9.97 Å². The standard InChI is InChI=1S/C18H18N2O2/c1-12-6-15-7-14(11-19-18(15)20-12)9-16(21)8-13-4-3-5-17(10-13)22-2/h3-7,10-11H,8-9H2,1-2H3,(H,19,20). The zero-order valence-corrected chi connectivity index (χ0v) is 12.7. The van der Waals surface area contributed by atoms with Crippen molar-refractivity contribution in [2.45, 2.75) is 19.8 Å². The van der Waals surface area contributed by atoms with Gasteiger partial charge >= 0.3 is 0 Å². The number of nitrogens with zero attached hydrogens (tertiary/aromatic N) is 1. The summed E-state index contributed by atoms with van der Waals surface area (Å²) in [5.41, 5.74) is 3.85. The van der Waals surface area contributed by atoms with Gasteiger partial charge in [-0.05, 0) is 42.3 Å². The van der Waals surface area contributed by atoms with Crippen LogP contribution in [0, 0.1) is 6.92 Å². The van der Waals surface area contributed by atoms with Gasteiger partial charge in [0.05, 0.1) is 7.11 Å². The lowest BCUT2D eigenvalue weighted by Crippen LogP contribution is -2.07. The Morgan fingerprint density at radius 3 is 2.82 bits per heavy atom. The largest absolute Gasteiger partial charge is 0.497 e. The summed E-state index contributed by atoms with van der Waals surface area (Å²) < 4.78 is 5.18. The van der Waals surface area contributed by atoms with Crippen molar-refractivity contribution < 1.29 is 9.53 Å². The predicted molar refractivity (Wildman–Crippen MR) is 86.2 cm³/mol. The van der Waals surface area contributed by atoms with Crippen molar-refractivity contribution in [1.82, 2.24) is 9.97 Å². The van der Waals surface area contributed by atoms with Crippen molar-refractivity contribution in [3.63, 3.8) is 0 Å². The summed E-state index contributed by atoms with van der Waals surface area (Å²) in [5.74, 6) is 0.942. The Bertz CT molecular complexity index is 821. The number of methoxy groups -OCH3 is 1. The molecule has 0 saturated heterocycles. The van der Waals surface area contributed by atoms with Crippen LogP contribution in [0.4, 0.5) is 0 Å². The summed E-state index contributed by atoms with van der Waals surface area (Å²) in [4.78, 5) is 19.8. The van der Waals surface area contributed by atoms with Gasteiger partial charge in [-0.25, -0.2) is 4.98 Å². The van der Waals surface area contributed by atoms with Crippen LogP contribution in [0.2, 0.25) is 0 Å². The minimum absolute atomic E-state index is 0.168. The van der Waals surface area contributed by atoms with Gasteiger partial charge in [0.2, 0.25) is 0 Å². The van der Waals surface area contributed by atoms with Crippen LogP contribution in [0.3, 0.4) is 0 Å². The third kappa shape index (κ3) is 3.17. The molecule has 0 radical (unpaired) electrons. The number of aryl methyl sites for hydroxylation is 1. The van der Waals surface area contributed by atoms with Gasteiger partial charge in [-0.15, -0.1) is 0 Å². The van der Waals surface area contributed by atoms with Crippen molar-refractivity contribution in [2.75, 3.05) is 7.11 Å². The zero-order chi connectivity index (χ0) is 15.5. The number of ether oxygens (including phenoxy) is 1. The Balaban J connectivity index is 1.71. The minimum atomic E-state index is 0.168. The molecule has 4 heteroatoms. The highest BCUT2D eigenvalue weighted by Gasteiger charge is 2.08. The first-order chi connectivity index (χ1) is 10.6. The number of pyridine rings is 1. The van der Waals surface area contributed by atoms with Crippen LogP contribution in [0.5, 0.6) is 5.75 Å². The lowest BCUT2D eigenvalue weighted by Gasteiger charge is -2.04. The van der Waals surface area contributed by atoms with Crippen LogP contribution < -0.4 is 4.74 Å². The monoisotopic (exact) mass is 294 g/mol. The van der Waals surface area contributed by atoms with E-state index >= 15 is 0 Å². The van der Waals surface area contributed by atoms with Gasteiger partial charge in [0.15, 0.2) is 0 Å². The van der Waals surface area contributed by atoms with E-state index in [4.69, 9.17) is 4.74 Å². The Kier molecular flexibility index (Phi) is 3.92. The fraction of sp³-hybridized carbons (Fsp3) is 0.222. The van der Waals surface area contributed by atoms with E-state index in [1.807, 2.05) is 43.3 Å². The van der Waals surface area contributed by atoms with E-state index in [1.54, 1.807) is 13.3 Å². The molecule has 0 spiro atoms. The maximum absolute atomic E-state index is 12.2. The SMILES string of the molecule is COc1cccc(CC(=O)Cc2cnc3[nH]c(C)cc3c2)c1. The van der Waals surface area contributed by atoms with Crippen LogP contribution in [-0.2, 0) is 17.6 Å². The summed E-state index contributed by atoms with van der Waals surface area (Å²) in [6.45, 7) is 2.00. The molecule has 3 aromatic rings. The number of carbonyl (C=O) groups excluding carboxylic acids is 1. The molecule has 0 bridgehead atoms. The van der Waals surface area contributed by atoms with Crippen LogP contribution >= 0.6 is 0 Å². The molecule has 3 rings (SSSR count). The molecule has 0 aliphatic carbocycles. The number of aromatic amines is 1. The van der Waals surface area contributed by atoms with E-state index in [9.17, 15) is 4.79 Å². The minimum Gasteiger partial charge on any atom is -0.497 e. The van der Waals surface area contributed by atoms with Gasteiger partial charge in [0.1, 0.15) is 17.2 Å². The molecule has 0 atom stereocenters. The first kappa shape index (κ1) is 14.3. The highest BCUT2D eigenvalue weighted by atomic mass is 16.5. The number of aromatic nitrogens is 2. The first-order valence-corrected chi connectivity index (χ1v) is 7.23. The summed E-state index contributed by atoms with van der Waals surface area (Å²) in [5, 5.41) is 1.05. The quantitative estimate of drug-likeness (QED) is 0.786. The second-order valence-electron chi connectivity index (χ2n) is 5.48. The Morgan fingerprint density at radius 1 is 1.18 bits per heavy atom. The van der Waals surface area contributed by atoms with Gasteiger partial charge in [0.25, 0.3) is 0 Å². The molecule has 22 heavy (non-hydrogen) atoms. The highest BCUT2D eigenvalue weighted by Crippen LogP contribution is 2.16. The number of rotatable bonds is 5. The zero-order valence-electron chi connectivity index (χ0n) is 12.7. The summed E-state index contributed by atoms with van der Waals surface area (Å²) in [6, 6.07) is 11.7. The molecule has 4 nitrogen and oxygen atoms in total. The lowest BCUT2D eigenvalue weighted by molar-refractivity contribution is -0.117. The molecule has 112 valence electrons. The molecule has 0 amide bonds. The normalized spacial score (nSPS) is 10.8. The second kappa shape index (κ2) is 6.02. The van der Waals surface area contributed by atoms with Crippen molar-refractivity contribution in [2.24, 2.45) is 0 Å². The molecular weight excluding hydrogens is 276 g/mol. The number of ketones is 1. The van der Waals surface area contributed by atoms with E-state index in [0.29, 0.717) is 12.8 Å². The Morgan fingerprint density at radius 2 is 2.00 bits per heavy atom. The van der Waals surface area contributed by atoms with E-state index in [1.165, 1.54) is 0 Å². The Labute approximate surface area is 129 Å². The van der Waals surface area contributed by atoms with Crippen LogP contribution in [-0.4, -0.2) is 22.9 Å². The number of Topliss-reactive ketones (excluding diaryl/α,β-unsaturated/α-hetero) is 1. The summed E-state index contributed by atoms with van der Waals surface area (Å²) in [7, 11) is 1.63. The van der Waals surface area contributed by atoms with Crippen molar-refractivity contribution in [3.05, 3.63) is 59.4 Å². The topological polar surface area (TPSA) is 55.0 Å². The molecule has 0 unspecified atom stereocenters. The second-order valence-corrected chi connectivity index (χ2v) is 5.48. The van der Waals surface area contributed by atoms with Gasteiger partial charge in [0, 0.05) is 30.1 Å². The lowest BCUT2D eigenvalue weighted by atomic mass is 10.0. The molecule has 2 aromatic heterocycles. The van der Waals surface area contributed by atoms with E-state index < -0.39 is 0 Å². The third-order valence-corrected chi connectivity index (χ3v) is 3.60. The van der Waals surface area contributed by atoms with Crippen LogP contribution in [0.15, 0.2) is 42.6 Å². The maximum atomic E-state index is 12.2. The number of fused-ring (bicyclic) bond motifs is 1. The average Bonchev–Trinajstić information content (AvgIpc) is 2.86. The molecule has 1 N–H and O–H groups in total. The predicted octanol–water partition coefficient (Wildman–Crippen LogP) is 3.23. The number of hydrogen-bond acceptors (Lipinski definition) is 3. The molecule has 1 aromatic carbocycles. The van der Waals surface area contributed by atoms with Gasteiger partial charge < -0.3 is 9.72 Å². The van der Waals surface area contributed by atoms with E-state index in [0.717, 1.165) is 33.6 Å². The number of benzene rings is 1. The molecule has 2 heterocycles. The number of H-pyrrole nitrogens is 1. The maximum Gasteiger partial charge on any atom is 0.141 e. The van der Waals surface area contributed by atoms with Crippen molar-refractivity contribution in [3.8, 4) is 5.75 Å². The summed E-state index contributed by atoms with van der Waals surface area (Å²) in [6.07, 6.45) is 2.56. The number of carbonyl (C=O) groups is 1.